The molecule has 126 valence electrons. The van der Waals surface area contributed by atoms with E-state index in [1.807, 2.05) is 42.5 Å². The first kappa shape index (κ1) is 17.7. The summed E-state index contributed by atoms with van der Waals surface area (Å²) in [6, 6.07) is 16.5. The van der Waals surface area contributed by atoms with Gasteiger partial charge in [0.05, 0.1) is 17.6 Å². The number of para-hydroxylation sites is 2. The number of hydrogen-bond donors (Lipinski definition) is 2. The average molecular weight is 344 g/mol. The topological polar surface area (TPSA) is 75.3 Å². The molecule has 2 aromatic rings. The van der Waals surface area contributed by atoms with Crippen LogP contribution in [0.4, 0.5) is 11.4 Å². The lowest BCUT2D eigenvalue weighted by molar-refractivity contribution is -0.116. The molecule has 0 saturated heterocycles. The highest BCUT2D eigenvalue weighted by molar-refractivity contribution is 7.92. The number of carbonyl (C=O) groups excluding carboxylic acids is 1. The van der Waals surface area contributed by atoms with Gasteiger partial charge in [-0.15, -0.1) is 0 Å². The van der Waals surface area contributed by atoms with E-state index in [0.29, 0.717) is 24.2 Å². The van der Waals surface area contributed by atoms with Gasteiger partial charge in [-0.2, -0.15) is 0 Å². The summed E-state index contributed by atoms with van der Waals surface area (Å²) in [5.74, 6) is -0.171. The molecule has 0 fully saturated rings. The molecule has 0 radical (unpaired) electrons. The number of amides is 1. The Morgan fingerprint density at radius 1 is 1.00 bits per heavy atom. The van der Waals surface area contributed by atoms with E-state index in [9.17, 15) is 13.2 Å². The number of anilines is 2. The molecular formula is C18H20N2O3S. The molecule has 0 saturated carbocycles. The van der Waals surface area contributed by atoms with Crippen LogP contribution in [-0.2, 0) is 14.8 Å². The predicted octanol–water partition coefficient (Wildman–Crippen LogP) is 3.49. The van der Waals surface area contributed by atoms with E-state index in [1.165, 1.54) is 0 Å². The molecule has 6 heteroatoms. The van der Waals surface area contributed by atoms with Crippen LogP contribution >= 0.6 is 0 Å². The second-order valence-corrected chi connectivity index (χ2v) is 7.07. The quantitative estimate of drug-likeness (QED) is 0.807. The molecule has 2 aromatic carbocycles. The molecule has 1 amide bonds. The van der Waals surface area contributed by atoms with Gasteiger partial charge in [-0.3, -0.25) is 9.52 Å². The molecule has 0 bridgehead atoms. The Hall–Kier alpha value is -2.60. The lowest BCUT2D eigenvalue weighted by Gasteiger charge is -2.11. The Balaban J connectivity index is 1.90. The lowest BCUT2D eigenvalue weighted by Crippen LogP contribution is -2.15. The molecule has 0 heterocycles. The summed E-state index contributed by atoms with van der Waals surface area (Å²) in [5.41, 5.74) is 1.88. The van der Waals surface area contributed by atoms with Crippen LogP contribution in [0.5, 0.6) is 0 Å². The fourth-order valence-electron chi connectivity index (χ4n) is 2.09. The Morgan fingerprint density at radius 3 is 2.29 bits per heavy atom. The van der Waals surface area contributed by atoms with Crippen LogP contribution in [0.2, 0.25) is 0 Å². The number of carbonyl (C=O) groups is 1. The fourth-order valence-corrected chi connectivity index (χ4v) is 2.67. The van der Waals surface area contributed by atoms with Gasteiger partial charge in [-0.1, -0.05) is 54.6 Å². The Bertz CT molecular complexity index is 815. The Morgan fingerprint density at radius 2 is 1.62 bits per heavy atom. The number of nitrogens with one attached hydrogen (secondary N) is 2. The van der Waals surface area contributed by atoms with E-state index in [4.69, 9.17) is 0 Å². The third-order valence-electron chi connectivity index (χ3n) is 3.14. The van der Waals surface area contributed by atoms with Crippen LogP contribution in [0, 0.1) is 0 Å². The minimum Gasteiger partial charge on any atom is -0.324 e. The highest BCUT2D eigenvalue weighted by Crippen LogP contribution is 2.22. The summed E-state index contributed by atoms with van der Waals surface area (Å²) < 4.78 is 25.1. The molecule has 24 heavy (non-hydrogen) atoms. The van der Waals surface area contributed by atoms with Gasteiger partial charge in [0.25, 0.3) is 0 Å². The number of benzene rings is 2. The zero-order valence-corrected chi connectivity index (χ0v) is 14.2. The highest BCUT2D eigenvalue weighted by Gasteiger charge is 2.09. The van der Waals surface area contributed by atoms with Crippen molar-refractivity contribution in [3.8, 4) is 0 Å². The normalized spacial score (nSPS) is 11.4. The zero-order valence-electron chi connectivity index (χ0n) is 13.4. The SMILES string of the molecule is CS(=O)(=O)Nc1ccccc1NC(=O)CC/C=C\c1ccccc1. The van der Waals surface area contributed by atoms with Crippen molar-refractivity contribution in [1.29, 1.82) is 0 Å². The van der Waals surface area contributed by atoms with Crippen molar-refractivity contribution in [3.05, 3.63) is 66.2 Å². The van der Waals surface area contributed by atoms with E-state index in [0.717, 1.165) is 11.8 Å². The maximum Gasteiger partial charge on any atom is 0.229 e. The molecule has 2 N–H and O–H groups in total. The second kappa shape index (κ2) is 8.31. The maximum absolute atomic E-state index is 12.0. The monoisotopic (exact) mass is 344 g/mol. The van der Waals surface area contributed by atoms with Crippen LogP contribution in [-0.4, -0.2) is 20.6 Å². The lowest BCUT2D eigenvalue weighted by atomic mass is 10.2. The Kier molecular flexibility index (Phi) is 6.14. The summed E-state index contributed by atoms with van der Waals surface area (Å²) >= 11 is 0. The third kappa shape index (κ3) is 6.26. The van der Waals surface area contributed by atoms with E-state index in [-0.39, 0.29) is 5.91 Å². The smallest absolute Gasteiger partial charge is 0.229 e. The first-order valence-electron chi connectivity index (χ1n) is 7.52. The van der Waals surface area contributed by atoms with Gasteiger partial charge in [0, 0.05) is 6.42 Å². The molecule has 0 aliphatic rings. The fraction of sp³-hybridized carbons (Fsp3) is 0.167. The first-order chi connectivity index (χ1) is 11.4. The summed E-state index contributed by atoms with van der Waals surface area (Å²) in [6.45, 7) is 0. The van der Waals surface area contributed by atoms with E-state index >= 15 is 0 Å². The zero-order chi connectivity index (χ0) is 17.4. The summed E-state index contributed by atoms with van der Waals surface area (Å²) in [4.78, 5) is 12.0. The van der Waals surface area contributed by atoms with Gasteiger partial charge >= 0.3 is 0 Å². The van der Waals surface area contributed by atoms with Crippen LogP contribution in [0.15, 0.2) is 60.7 Å². The molecular weight excluding hydrogens is 324 g/mol. The molecule has 0 aliphatic carbocycles. The molecule has 0 aliphatic heterocycles. The molecule has 0 unspecified atom stereocenters. The molecule has 0 aromatic heterocycles. The van der Waals surface area contributed by atoms with Crippen LogP contribution in [0.1, 0.15) is 18.4 Å². The van der Waals surface area contributed by atoms with Crippen LogP contribution in [0.25, 0.3) is 6.08 Å². The standard InChI is InChI=1S/C18H20N2O3S/c1-24(22,23)20-17-13-7-6-12-16(17)19-18(21)14-8-5-11-15-9-3-2-4-10-15/h2-7,9-13,20H,8,14H2,1H3,(H,19,21)/b11-5-. The summed E-state index contributed by atoms with van der Waals surface area (Å²) in [7, 11) is -3.40. The number of allylic oxidation sites excluding steroid dienone is 1. The van der Waals surface area contributed by atoms with E-state index in [2.05, 4.69) is 10.0 Å². The van der Waals surface area contributed by atoms with Crippen LogP contribution < -0.4 is 10.0 Å². The Labute approximate surface area is 142 Å². The third-order valence-corrected chi connectivity index (χ3v) is 3.74. The molecule has 5 nitrogen and oxygen atoms in total. The average Bonchev–Trinajstić information content (AvgIpc) is 2.53. The second-order valence-electron chi connectivity index (χ2n) is 5.32. The minimum absolute atomic E-state index is 0.171. The largest absolute Gasteiger partial charge is 0.324 e. The van der Waals surface area contributed by atoms with Gasteiger partial charge in [-0.05, 0) is 24.1 Å². The predicted molar refractivity (Wildman–Crippen MR) is 98.2 cm³/mol. The number of hydrogen-bond acceptors (Lipinski definition) is 3. The van der Waals surface area contributed by atoms with E-state index < -0.39 is 10.0 Å². The summed E-state index contributed by atoms with van der Waals surface area (Å²) in [5, 5.41) is 2.73. The first-order valence-corrected chi connectivity index (χ1v) is 9.41. The molecule has 0 atom stereocenters. The van der Waals surface area contributed by atoms with Gasteiger partial charge < -0.3 is 5.32 Å². The van der Waals surface area contributed by atoms with Crippen molar-refractivity contribution in [2.24, 2.45) is 0 Å². The number of rotatable bonds is 7. The van der Waals surface area contributed by atoms with Crippen molar-refractivity contribution < 1.29 is 13.2 Å². The van der Waals surface area contributed by atoms with Crippen molar-refractivity contribution in [2.45, 2.75) is 12.8 Å². The summed E-state index contributed by atoms with van der Waals surface area (Å²) in [6.07, 6.45) is 5.89. The van der Waals surface area contributed by atoms with Crippen molar-refractivity contribution >= 4 is 33.4 Å². The molecule has 0 spiro atoms. The van der Waals surface area contributed by atoms with Crippen LogP contribution in [0.3, 0.4) is 0 Å². The van der Waals surface area contributed by atoms with Gasteiger partial charge in [0.2, 0.25) is 15.9 Å². The van der Waals surface area contributed by atoms with Crippen molar-refractivity contribution in [2.75, 3.05) is 16.3 Å². The van der Waals surface area contributed by atoms with Gasteiger partial charge in [0.1, 0.15) is 0 Å². The van der Waals surface area contributed by atoms with E-state index in [1.54, 1.807) is 24.3 Å². The minimum atomic E-state index is -3.40. The van der Waals surface area contributed by atoms with Gasteiger partial charge in [-0.25, -0.2) is 8.42 Å². The van der Waals surface area contributed by atoms with Crippen molar-refractivity contribution in [1.82, 2.24) is 0 Å². The molecule has 2 rings (SSSR count). The highest BCUT2D eigenvalue weighted by atomic mass is 32.2. The number of sulfonamides is 1. The van der Waals surface area contributed by atoms with Gasteiger partial charge in [0.15, 0.2) is 0 Å². The van der Waals surface area contributed by atoms with Crippen molar-refractivity contribution in [3.63, 3.8) is 0 Å². The maximum atomic E-state index is 12.0.